The van der Waals surface area contributed by atoms with E-state index in [-0.39, 0.29) is 23.3 Å². The van der Waals surface area contributed by atoms with Gasteiger partial charge in [0, 0.05) is 26.7 Å². The molecule has 0 aromatic heterocycles. The number of carbonyl (C=O) groups is 2. The van der Waals surface area contributed by atoms with Crippen molar-refractivity contribution in [3.05, 3.63) is 29.3 Å². The van der Waals surface area contributed by atoms with Crippen LogP contribution in [0.3, 0.4) is 0 Å². The molecule has 6 nitrogen and oxygen atoms in total. The lowest BCUT2D eigenvalue weighted by Crippen LogP contribution is -2.55. The number of likely N-dealkylation sites (N-methyl/N-ethyl adjacent to an activating group) is 1. The van der Waals surface area contributed by atoms with Gasteiger partial charge in [-0.2, -0.15) is 0 Å². The molecule has 1 fully saturated rings. The summed E-state index contributed by atoms with van der Waals surface area (Å²) in [6, 6.07) is 4.44. The maximum absolute atomic E-state index is 12.4. The maximum Gasteiger partial charge on any atom is 0.339 e. The highest BCUT2D eigenvalue weighted by Gasteiger charge is 2.32. The Morgan fingerprint density at radius 1 is 1.35 bits per heavy atom. The molecule has 1 atom stereocenters. The Morgan fingerprint density at radius 2 is 2.09 bits per heavy atom. The molecular formula is C17H24N2O4. The number of rotatable bonds is 6. The Kier molecular flexibility index (Phi) is 5.60. The fourth-order valence-corrected chi connectivity index (χ4v) is 2.94. The first-order chi connectivity index (χ1) is 10.9. The molecule has 0 radical (unpaired) electrons. The van der Waals surface area contributed by atoms with Crippen molar-refractivity contribution in [2.45, 2.75) is 38.8 Å². The molecule has 0 spiro atoms. The van der Waals surface area contributed by atoms with Crippen molar-refractivity contribution in [3.8, 4) is 5.75 Å². The maximum atomic E-state index is 12.4. The fourth-order valence-electron chi connectivity index (χ4n) is 2.94. The number of benzene rings is 1. The predicted molar refractivity (Wildman–Crippen MR) is 86.4 cm³/mol. The third-order valence-corrected chi connectivity index (χ3v) is 4.33. The molecule has 1 heterocycles. The predicted octanol–water partition coefficient (Wildman–Crippen LogP) is 1.92. The van der Waals surface area contributed by atoms with Crippen LogP contribution in [0, 0.1) is 0 Å². The number of piperazine rings is 1. The summed E-state index contributed by atoms with van der Waals surface area (Å²) in [5, 5.41) is 18.7. The van der Waals surface area contributed by atoms with Crippen molar-refractivity contribution in [2.24, 2.45) is 0 Å². The van der Waals surface area contributed by atoms with Crippen molar-refractivity contribution in [1.29, 1.82) is 0 Å². The molecule has 2 N–H and O–H groups in total. The van der Waals surface area contributed by atoms with E-state index in [1.807, 2.05) is 7.05 Å². The minimum atomic E-state index is -1.15. The molecule has 0 bridgehead atoms. The Morgan fingerprint density at radius 3 is 2.74 bits per heavy atom. The van der Waals surface area contributed by atoms with Crippen LogP contribution in [0.5, 0.6) is 5.75 Å². The Hall–Kier alpha value is -2.08. The highest BCUT2D eigenvalue weighted by molar-refractivity contribution is 5.90. The number of hydrogen-bond donors (Lipinski definition) is 2. The third-order valence-electron chi connectivity index (χ3n) is 4.33. The van der Waals surface area contributed by atoms with E-state index in [2.05, 4.69) is 11.8 Å². The number of amides is 1. The SMILES string of the molecule is CCCC[C@H]1C(=O)N(C)CCN1Cc1ccc(O)c(C(=O)O)c1. The molecule has 0 aliphatic carbocycles. The van der Waals surface area contributed by atoms with E-state index in [0.29, 0.717) is 13.1 Å². The quantitative estimate of drug-likeness (QED) is 0.837. The van der Waals surface area contributed by atoms with Crippen molar-refractivity contribution in [2.75, 3.05) is 20.1 Å². The van der Waals surface area contributed by atoms with Crippen LogP contribution in [0.25, 0.3) is 0 Å². The van der Waals surface area contributed by atoms with Gasteiger partial charge >= 0.3 is 5.97 Å². The molecule has 1 saturated heterocycles. The minimum Gasteiger partial charge on any atom is -0.507 e. The van der Waals surface area contributed by atoms with Gasteiger partial charge in [0.25, 0.3) is 0 Å². The van der Waals surface area contributed by atoms with Gasteiger partial charge in [-0.25, -0.2) is 4.79 Å². The van der Waals surface area contributed by atoms with Crippen LogP contribution in [-0.2, 0) is 11.3 Å². The molecule has 1 amide bonds. The van der Waals surface area contributed by atoms with Gasteiger partial charge in [-0.15, -0.1) is 0 Å². The number of phenols is 1. The van der Waals surface area contributed by atoms with Crippen LogP contribution in [0.1, 0.15) is 42.1 Å². The summed E-state index contributed by atoms with van der Waals surface area (Å²) >= 11 is 0. The summed E-state index contributed by atoms with van der Waals surface area (Å²) in [7, 11) is 1.82. The highest BCUT2D eigenvalue weighted by Crippen LogP contribution is 2.23. The zero-order valence-electron chi connectivity index (χ0n) is 13.7. The number of aromatic hydroxyl groups is 1. The van der Waals surface area contributed by atoms with Crippen LogP contribution in [0.15, 0.2) is 18.2 Å². The summed E-state index contributed by atoms with van der Waals surface area (Å²) in [6.07, 6.45) is 2.82. The van der Waals surface area contributed by atoms with Gasteiger partial charge in [-0.1, -0.05) is 25.8 Å². The normalized spacial score (nSPS) is 19.1. The lowest BCUT2D eigenvalue weighted by Gasteiger charge is -2.39. The average Bonchev–Trinajstić information content (AvgIpc) is 2.52. The number of unbranched alkanes of at least 4 members (excludes halogenated alkanes) is 1. The zero-order chi connectivity index (χ0) is 17.0. The van der Waals surface area contributed by atoms with E-state index in [1.165, 1.54) is 12.1 Å². The molecule has 23 heavy (non-hydrogen) atoms. The molecule has 1 aliphatic rings. The monoisotopic (exact) mass is 320 g/mol. The molecule has 2 rings (SSSR count). The molecule has 1 aromatic rings. The first-order valence-corrected chi connectivity index (χ1v) is 7.98. The minimum absolute atomic E-state index is 0.104. The van der Waals surface area contributed by atoms with Gasteiger partial charge in [0.1, 0.15) is 11.3 Å². The second-order valence-corrected chi connectivity index (χ2v) is 6.04. The number of nitrogens with zero attached hydrogens (tertiary/aromatic N) is 2. The van der Waals surface area contributed by atoms with E-state index in [4.69, 9.17) is 5.11 Å². The molecular weight excluding hydrogens is 296 g/mol. The van der Waals surface area contributed by atoms with Gasteiger partial charge < -0.3 is 15.1 Å². The van der Waals surface area contributed by atoms with Gasteiger partial charge in [0.15, 0.2) is 0 Å². The van der Waals surface area contributed by atoms with Crippen LogP contribution in [0.2, 0.25) is 0 Å². The third kappa shape index (κ3) is 4.01. The number of carboxylic acid groups (broad SMARTS) is 1. The molecule has 1 aromatic carbocycles. The summed E-state index contributed by atoms with van der Waals surface area (Å²) < 4.78 is 0. The van der Waals surface area contributed by atoms with Crippen LogP contribution < -0.4 is 0 Å². The molecule has 6 heteroatoms. The van der Waals surface area contributed by atoms with Crippen molar-refractivity contribution < 1.29 is 19.8 Å². The number of carbonyl (C=O) groups excluding carboxylic acids is 1. The standard InChI is InChI=1S/C17H24N2O4/c1-3-4-5-14-16(21)18(2)8-9-19(14)11-12-6-7-15(20)13(10-12)17(22)23/h6-7,10,14,20H,3-5,8-9,11H2,1-2H3,(H,22,23)/t14-/m0/s1. The number of aromatic carboxylic acids is 1. The smallest absolute Gasteiger partial charge is 0.339 e. The van der Waals surface area contributed by atoms with Gasteiger partial charge in [0.2, 0.25) is 5.91 Å². The Labute approximate surface area is 136 Å². The van der Waals surface area contributed by atoms with E-state index in [0.717, 1.165) is 31.4 Å². The first kappa shape index (κ1) is 17.3. The van der Waals surface area contributed by atoms with E-state index in [9.17, 15) is 14.7 Å². The van der Waals surface area contributed by atoms with Crippen LogP contribution in [0.4, 0.5) is 0 Å². The second-order valence-electron chi connectivity index (χ2n) is 6.04. The largest absolute Gasteiger partial charge is 0.507 e. The Bertz CT molecular complexity index is 588. The number of carboxylic acids is 1. The lowest BCUT2D eigenvalue weighted by molar-refractivity contribution is -0.140. The number of hydrogen-bond acceptors (Lipinski definition) is 4. The average molecular weight is 320 g/mol. The highest BCUT2D eigenvalue weighted by atomic mass is 16.4. The molecule has 126 valence electrons. The van der Waals surface area contributed by atoms with Crippen LogP contribution >= 0.6 is 0 Å². The van der Waals surface area contributed by atoms with Crippen molar-refractivity contribution >= 4 is 11.9 Å². The van der Waals surface area contributed by atoms with E-state index < -0.39 is 5.97 Å². The van der Waals surface area contributed by atoms with E-state index in [1.54, 1.807) is 11.0 Å². The topological polar surface area (TPSA) is 81.1 Å². The lowest BCUT2D eigenvalue weighted by atomic mass is 10.0. The summed E-state index contributed by atoms with van der Waals surface area (Å²) in [6.45, 7) is 4.04. The van der Waals surface area contributed by atoms with Gasteiger partial charge in [-0.05, 0) is 24.1 Å². The first-order valence-electron chi connectivity index (χ1n) is 7.98. The molecule has 1 aliphatic heterocycles. The van der Waals surface area contributed by atoms with Crippen molar-refractivity contribution in [1.82, 2.24) is 9.80 Å². The second kappa shape index (κ2) is 7.46. The van der Waals surface area contributed by atoms with Crippen LogP contribution in [-0.4, -0.2) is 58.1 Å². The zero-order valence-corrected chi connectivity index (χ0v) is 13.7. The Balaban J connectivity index is 2.17. The van der Waals surface area contributed by atoms with Gasteiger partial charge in [-0.3, -0.25) is 9.69 Å². The van der Waals surface area contributed by atoms with E-state index >= 15 is 0 Å². The van der Waals surface area contributed by atoms with Gasteiger partial charge in [0.05, 0.1) is 6.04 Å². The molecule has 0 unspecified atom stereocenters. The fraction of sp³-hybridized carbons (Fsp3) is 0.529. The summed E-state index contributed by atoms with van der Waals surface area (Å²) in [4.78, 5) is 27.4. The summed E-state index contributed by atoms with van der Waals surface area (Å²) in [5.41, 5.74) is 0.687. The van der Waals surface area contributed by atoms with Crippen molar-refractivity contribution in [3.63, 3.8) is 0 Å². The molecule has 0 saturated carbocycles. The summed E-state index contributed by atoms with van der Waals surface area (Å²) in [5.74, 6) is -1.26.